The Labute approximate surface area is 226 Å². The number of thiazole rings is 1. The summed E-state index contributed by atoms with van der Waals surface area (Å²) in [5.74, 6) is -0.219. The number of carbonyl (C=O) groups excluding carboxylic acids is 1. The molecule has 0 aliphatic carbocycles. The zero-order valence-corrected chi connectivity index (χ0v) is 23.3. The van der Waals surface area contributed by atoms with Gasteiger partial charge in [0.1, 0.15) is 0 Å². The minimum Gasteiger partial charge on any atom is -0.279 e. The van der Waals surface area contributed by atoms with Crippen molar-refractivity contribution < 1.29 is 13.2 Å². The van der Waals surface area contributed by atoms with Crippen molar-refractivity contribution in [3.05, 3.63) is 83.9 Å². The second-order valence-corrected chi connectivity index (χ2v) is 13.0. The van der Waals surface area contributed by atoms with Crippen LogP contribution in [0.25, 0.3) is 10.2 Å². The number of aromatic nitrogens is 1. The molecule has 3 aromatic carbocycles. The van der Waals surface area contributed by atoms with Gasteiger partial charge in [-0.25, -0.2) is 13.4 Å². The Morgan fingerprint density at radius 1 is 1.08 bits per heavy atom. The fourth-order valence-corrected chi connectivity index (χ4v) is 7.83. The third kappa shape index (κ3) is 5.45. The molecule has 37 heavy (non-hydrogen) atoms. The van der Waals surface area contributed by atoms with Gasteiger partial charge in [0.2, 0.25) is 10.0 Å². The zero-order valence-electron chi connectivity index (χ0n) is 20.8. The molecule has 192 valence electrons. The molecule has 4 aromatic rings. The summed E-state index contributed by atoms with van der Waals surface area (Å²) in [6.07, 6.45) is 4.81. The summed E-state index contributed by atoms with van der Waals surface area (Å²) < 4.78 is 29.1. The molecule has 0 saturated carbocycles. The minimum atomic E-state index is -3.60. The van der Waals surface area contributed by atoms with Gasteiger partial charge in [0.25, 0.3) is 5.91 Å². The van der Waals surface area contributed by atoms with Gasteiger partial charge in [0.05, 0.1) is 21.7 Å². The first-order valence-corrected chi connectivity index (χ1v) is 15.8. The number of benzene rings is 3. The first-order chi connectivity index (χ1) is 17.9. The van der Waals surface area contributed by atoms with Crippen molar-refractivity contribution in [1.29, 1.82) is 0 Å². The molecule has 1 amide bonds. The van der Waals surface area contributed by atoms with Gasteiger partial charge >= 0.3 is 0 Å². The summed E-state index contributed by atoms with van der Waals surface area (Å²) in [6, 6.07) is 22.2. The lowest BCUT2D eigenvalue weighted by molar-refractivity contribution is 0.0985. The molecule has 1 fully saturated rings. The summed E-state index contributed by atoms with van der Waals surface area (Å²) in [5.41, 5.74) is 2.25. The monoisotopic (exact) mass is 551 g/mol. The first-order valence-electron chi connectivity index (χ1n) is 12.3. The highest BCUT2D eigenvalue weighted by Gasteiger charge is 2.31. The molecule has 0 radical (unpaired) electrons. The Bertz CT molecular complexity index is 1500. The maximum Gasteiger partial charge on any atom is 0.260 e. The van der Waals surface area contributed by atoms with Gasteiger partial charge in [-0.1, -0.05) is 48.1 Å². The van der Waals surface area contributed by atoms with E-state index in [9.17, 15) is 13.2 Å². The maximum atomic E-state index is 13.8. The van der Waals surface area contributed by atoms with E-state index in [0.717, 1.165) is 39.9 Å². The van der Waals surface area contributed by atoms with Crippen LogP contribution >= 0.6 is 23.1 Å². The molecule has 1 atom stereocenters. The van der Waals surface area contributed by atoms with E-state index in [2.05, 4.69) is 6.07 Å². The van der Waals surface area contributed by atoms with E-state index < -0.39 is 10.0 Å². The van der Waals surface area contributed by atoms with Crippen molar-refractivity contribution in [1.82, 2.24) is 9.29 Å². The lowest BCUT2D eigenvalue weighted by Crippen LogP contribution is -2.41. The van der Waals surface area contributed by atoms with Crippen LogP contribution in [0.5, 0.6) is 0 Å². The topological polar surface area (TPSA) is 70.6 Å². The largest absolute Gasteiger partial charge is 0.279 e. The summed E-state index contributed by atoms with van der Waals surface area (Å²) in [6.45, 7) is 2.85. The summed E-state index contributed by atoms with van der Waals surface area (Å²) in [7, 11) is -3.60. The molecule has 0 N–H and O–H groups in total. The average molecular weight is 552 g/mol. The molecule has 6 nitrogen and oxygen atoms in total. The number of anilines is 1. The summed E-state index contributed by atoms with van der Waals surface area (Å²) in [4.78, 5) is 21.6. The van der Waals surface area contributed by atoms with Crippen LogP contribution in [0.15, 0.2) is 82.6 Å². The van der Waals surface area contributed by atoms with Crippen LogP contribution < -0.4 is 4.90 Å². The van der Waals surface area contributed by atoms with Crippen LogP contribution in [0.3, 0.4) is 0 Å². The van der Waals surface area contributed by atoms with E-state index in [1.54, 1.807) is 45.2 Å². The highest BCUT2D eigenvalue weighted by atomic mass is 32.2. The second-order valence-electron chi connectivity index (χ2n) is 9.19. The number of rotatable bonds is 7. The fourth-order valence-electron chi connectivity index (χ4n) is 4.62. The normalized spacial score (nSPS) is 16.6. The number of piperidine rings is 1. The Kier molecular flexibility index (Phi) is 7.67. The van der Waals surface area contributed by atoms with E-state index >= 15 is 0 Å². The van der Waals surface area contributed by atoms with Crippen molar-refractivity contribution in [3.8, 4) is 0 Å². The molecule has 1 aromatic heterocycles. The zero-order chi connectivity index (χ0) is 26.0. The number of sulfonamides is 1. The van der Waals surface area contributed by atoms with Gasteiger partial charge in [0.15, 0.2) is 5.13 Å². The van der Waals surface area contributed by atoms with E-state index in [1.807, 2.05) is 55.6 Å². The fraction of sp³-hybridized carbons (Fsp3) is 0.286. The molecule has 0 spiro atoms. The lowest BCUT2D eigenvalue weighted by atomic mass is 10.1. The highest BCUT2D eigenvalue weighted by molar-refractivity contribution is 7.98. The quantitative estimate of drug-likeness (QED) is 0.248. The van der Waals surface area contributed by atoms with E-state index in [4.69, 9.17) is 4.98 Å². The lowest BCUT2D eigenvalue weighted by Gasteiger charge is -2.32. The van der Waals surface area contributed by atoms with E-state index in [0.29, 0.717) is 23.8 Å². The molecule has 1 aliphatic heterocycles. The van der Waals surface area contributed by atoms with Gasteiger partial charge in [-0.3, -0.25) is 9.69 Å². The molecule has 5 rings (SSSR count). The van der Waals surface area contributed by atoms with E-state index in [-0.39, 0.29) is 16.8 Å². The van der Waals surface area contributed by atoms with Crippen LogP contribution in [0.4, 0.5) is 5.13 Å². The molecule has 1 aliphatic rings. The number of thioether (sulfide) groups is 1. The predicted molar refractivity (Wildman–Crippen MR) is 152 cm³/mol. The number of nitrogens with zero attached hydrogens (tertiary/aromatic N) is 3. The summed E-state index contributed by atoms with van der Waals surface area (Å²) >= 11 is 3.15. The number of hydrogen-bond acceptors (Lipinski definition) is 6. The predicted octanol–water partition coefficient (Wildman–Crippen LogP) is 6.43. The van der Waals surface area contributed by atoms with Gasteiger partial charge in [-0.15, -0.1) is 11.8 Å². The summed E-state index contributed by atoms with van der Waals surface area (Å²) in [5, 5.41) is 0.612. The van der Waals surface area contributed by atoms with Crippen LogP contribution in [-0.4, -0.2) is 42.5 Å². The number of hydrogen-bond donors (Lipinski definition) is 0. The second kappa shape index (κ2) is 10.9. The highest BCUT2D eigenvalue weighted by Crippen LogP contribution is 2.33. The molecule has 1 saturated heterocycles. The molecule has 0 bridgehead atoms. The Morgan fingerprint density at radius 2 is 1.84 bits per heavy atom. The van der Waals surface area contributed by atoms with Crippen molar-refractivity contribution in [2.45, 2.75) is 48.6 Å². The van der Waals surface area contributed by atoms with Crippen molar-refractivity contribution in [3.63, 3.8) is 0 Å². The van der Waals surface area contributed by atoms with Gasteiger partial charge < -0.3 is 0 Å². The van der Waals surface area contributed by atoms with Crippen LogP contribution in [0, 0.1) is 0 Å². The van der Waals surface area contributed by atoms with Crippen LogP contribution in [0.2, 0.25) is 0 Å². The maximum absolute atomic E-state index is 13.8. The molecular formula is C28H29N3O3S3. The van der Waals surface area contributed by atoms with Gasteiger partial charge in [-0.05, 0) is 74.0 Å². The minimum absolute atomic E-state index is 0.0212. The van der Waals surface area contributed by atoms with Crippen molar-refractivity contribution >= 4 is 54.4 Å². The third-order valence-corrected chi connectivity index (χ3v) is 10.5. The van der Waals surface area contributed by atoms with Gasteiger partial charge in [0, 0.05) is 23.0 Å². The third-order valence-electron chi connectivity index (χ3n) is 6.69. The molecule has 9 heteroatoms. The number of amides is 1. The van der Waals surface area contributed by atoms with Gasteiger partial charge in [-0.2, -0.15) is 4.31 Å². The Morgan fingerprint density at radius 3 is 2.54 bits per heavy atom. The Balaban J connectivity index is 1.47. The Hall–Kier alpha value is -2.72. The smallest absolute Gasteiger partial charge is 0.260 e. The number of carbonyl (C=O) groups is 1. The van der Waals surface area contributed by atoms with Crippen molar-refractivity contribution in [2.24, 2.45) is 0 Å². The van der Waals surface area contributed by atoms with Crippen LogP contribution in [0.1, 0.15) is 42.1 Å². The molecular weight excluding hydrogens is 523 g/mol. The molecule has 1 unspecified atom stereocenters. The van der Waals surface area contributed by atoms with Crippen LogP contribution in [-0.2, 0) is 16.6 Å². The number of fused-ring (bicyclic) bond motifs is 1. The molecule has 2 heterocycles. The van der Waals surface area contributed by atoms with Crippen molar-refractivity contribution in [2.75, 3.05) is 17.7 Å². The SMILES string of the molecule is CSc1ccc2nc(N(Cc3ccccc3)C(=O)c3ccc(S(=O)(=O)N4CCCCC4C)cc3)sc2c1. The van der Waals surface area contributed by atoms with E-state index in [1.165, 1.54) is 11.3 Å². The standard InChI is InChI=1S/C28H29N3O3S3/c1-20-8-6-7-17-31(20)37(33,34)24-14-11-22(12-15-24)27(32)30(19-21-9-4-3-5-10-21)28-29-25-16-13-23(35-2)18-26(25)36-28/h3-5,9-16,18,20H,6-8,17,19H2,1-2H3. The average Bonchev–Trinajstić information content (AvgIpc) is 3.35. The first kappa shape index (κ1) is 25.9.